The largest absolute Gasteiger partial charge is 0.393 e. The molecule has 7 nitrogen and oxygen atoms in total. The van der Waals surface area contributed by atoms with Crippen LogP contribution in [-0.2, 0) is 0 Å². The van der Waals surface area contributed by atoms with Crippen LogP contribution in [0.3, 0.4) is 0 Å². The van der Waals surface area contributed by atoms with Crippen molar-refractivity contribution >= 4 is 49.1 Å². The number of hydrogen-bond donors (Lipinski definition) is 2. The van der Waals surface area contributed by atoms with Crippen LogP contribution in [-0.4, -0.2) is 40.5 Å². The molecule has 126 valence electrons. The number of pyridine rings is 1. The van der Waals surface area contributed by atoms with Crippen molar-refractivity contribution in [1.82, 2.24) is 19.7 Å². The molecular formula is C17H16N6OS. The van der Waals surface area contributed by atoms with Gasteiger partial charge in [0.1, 0.15) is 10.5 Å². The summed E-state index contributed by atoms with van der Waals surface area (Å²) in [6.45, 7) is 3.51. The van der Waals surface area contributed by atoms with Gasteiger partial charge in [0.05, 0.1) is 15.6 Å². The summed E-state index contributed by atoms with van der Waals surface area (Å²) in [5.74, 6) is 0.655. The number of nitrogen functional groups attached to an aromatic ring is 1. The van der Waals surface area contributed by atoms with Gasteiger partial charge < -0.3 is 16.0 Å². The number of nitrogens with one attached hydrogen (secondary N) is 1. The molecule has 1 aromatic carbocycles. The van der Waals surface area contributed by atoms with Gasteiger partial charge in [-0.1, -0.05) is 12.1 Å². The van der Waals surface area contributed by atoms with E-state index in [1.165, 1.54) is 11.3 Å². The minimum Gasteiger partial charge on any atom is -0.393 e. The summed E-state index contributed by atoms with van der Waals surface area (Å²) < 4.78 is 3.06. The number of nitrogens with zero attached hydrogens (tertiary/aromatic N) is 4. The number of thiazole rings is 1. The molecule has 0 amide bonds. The average molecular weight is 352 g/mol. The summed E-state index contributed by atoms with van der Waals surface area (Å²) in [6.07, 6.45) is 1.61. The van der Waals surface area contributed by atoms with Crippen LogP contribution in [0.4, 0.5) is 11.6 Å². The fourth-order valence-corrected chi connectivity index (χ4v) is 4.42. The van der Waals surface area contributed by atoms with E-state index >= 15 is 0 Å². The number of anilines is 2. The molecule has 0 aliphatic carbocycles. The first kappa shape index (κ1) is 14.6. The Kier molecular flexibility index (Phi) is 3.16. The predicted octanol–water partition coefficient (Wildman–Crippen LogP) is 1.45. The minimum absolute atomic E-state index is 0.201. The van der Waals surface area contributed by atoms with Gasteiger partial charge in [0.15, 0.2) is 5.65 Å². The third kappa shape index (κ3) is 2.11. The van der Waals surface area contributed by atoms with E-state index in [0.29, 0.717) is 17.0 Å². The standard InChI is InChI=1S/C17H16N6OS/c18-13-14(24)10-9-20-17(22-7-5-19-6-8-22)21-15(10)23-11-3-1-2-4-12(11)25-16(13)23/h1-4,9,19H,5-8,18H2. The molecule has 1 fully saturated rings. The maximum atomic E-state index is 12.7. The smallest absolute Gasteiger partial charge is 0.227 e. The highest BCUT2D eigenvalue weighted by Crippen LogP contribution is 2.31. The second-order valence-electron chi connectivity index (χ2n) is 6.10. The van der Waals surface area contributed by atoms with E-state index in [4.69, 9.17) is 10.7 Å². The molecule has 0 unspecified atom stereocenters. The molecule has 4 aromatic rings. The first-order valence-corrected chi connectivity index (χ1v) is 9.00. The molecule has 1 aliphatic rings. The molecule has 3 aromatic heterocycles. The van der Waals surface area contributed by atoms with Crippen LogP contribution in [0, 0.1) is 0 Å². The minimum atomic E-state index is -0.201. The lowest BCUT2D eigenvalue weighted by Crippen LogP contribution is -2.44. The van der Waals surface area contributed by atoms with Crippen LogP contribution in [0.1, 0.15) is 0 Å². The van der Waals surface area contributed by atoms with Crippen LogP contribution < -0.4 is 21.4 Å². The highest BCUT2D eigenvalue weighted by Gasteiger charge is 2.19. The Morgan fingerprint density at radius 1 is 1.20 bits per heavy atom. The Morgan fingerprint density at radius 3 is 2.84 bits per heavy atom. The van der Waals surface area contributed by atoms with Crippen LogP contribution in [0.5, 0.6) is 0 Å². The lowest BCUT2D eigenvalue weighted by molar-refractivity contribution is 0.580. The Balaban J connectivity index is 1.89. The van der Waals surface area contributed by atoms with Crippen LogP contribution in [0.15, 0.2) is 35.3 Å². The van der Waals surface area contributed by atoms with Crippen molar-refractivity contribution in [3.8, 4) is 0 Å². The first-order valence-electron chi connectivity index (χ1n) is 8.18. The monoisotopic (exact) mass is 352 g/mol. The van der Waals surface area contributed by atoms with Crippen molar-refractivity contribution in [1.29, 1.82) is 0 Å². The van der Waals surface area contributed by atoms with Crippen LogP contribution in [0.25, 0.3) is 26.1 Å². The third-order valence-corrected chi connectivity index (χ3v) is 5.76. The van der Waals surface area contributed by atoms with Crippen molar-refractivity contribution in [2.24, 2.45) is 0 Å². The van der Waals surface area contributed by atoms with Crippen molar-refractivity contribution in [3.63, 3.8) is 0 Å². The van der Waals surface area contributed by atoms with Crippen LogP contribution >= 0.6 is 11.3 Å². The second-order valence-corrected chi connectivity index (χ2v) is 7.13. The lowest BCUT2D eigenvalue weighted by atomic mass is 10.2. The van der Waals surface area contributed by atoms with Crippen LogP contribution in [0.2, 0.25) is 0 Å². The summed E-state index contributed by atoms with van der Waals surface area (Å²) in [7, 11) is 0. The molecule has 3 N–H and O–H groups in total. The first-order chi connectivity index (χ1) is 12.2. The Labute approximate surface area is 146 Å². The Bertz CT molecular complexity index is 1170. The number of nitrogens with two attached hydrogens (primary N) is 1. The Hall–Kier alpha value is -2.71. The molecule has 0 spiro atoms. The van der Waals surface area contributed by atoms with Gasteiger partial charge in [-0.15, -0.1) is 11.3 Å². The average Bonchev–Trinajstić information content (AvgIpc) is 3.06. The summed E-state index contributed by atoms with van der Waals surface area (Å²) in [6, 6.07) is 8.01. The van der Waals surface area contributed by atoms with E-state index in [1.807, 2.05) is 28.7 Å². The summed E-state index contributed by atoms with van der Waals surface area (Å²) in [5.41, 5.74) is 7.81. The van der Waals surface area contributed by atoms with E-state index in [0.717, 1.165) is 41.2 Å². The quantitative estimate of drug-likeness (QED) is 0.539. The number of para-hydroxylation sites is 1. The zero-order valence-electron chi connectivity index (χ0n) is 13.4. The van der Waals surface area contributed by atoms with E-state index in [-0.39, 0.29) is 11.1 Å². The van der Waals surface area contributed by atoms with Gasteiger partial charge in [0.25, 0.3) is 0 Å². The zero-order valence-corrected chi connectivity index (χ0v) is 14.2. The number of hydrogen-bond acceptors (Lipinski definition) is 7. The highest BCUT2D eigenvalue weighted by molar-refractivity contribution is 7.24. The van der Waals surface area contributed by atoms with Crippen molar-refractivity contribution in [2.45, 2.75) is 0 Å². The maximum absolute atomic E-state index is 12.7. The molecule has 0 saturated carbocycles. The Morgan fingerprint density at radius 2 is 2.00 bits per heavy atom. The van der Waals surface area contributed by atoms with Gasteiger partial charge in [-0.25, -0.2) is 4.98 Å². The summed E-state index contributed by atoms with van der Waals surface area (Å²) in [4.78, 5) is 24.7. The normalized spacial score (nSPS) is 15.4. The summed E-state index contributed by atoms with van der Waals surface area (Å²) >= 11 is 1.51. The second kappa shape index (κ2) is 5.40. The SMILES string of the molecule is Nc1c(=O)c2cnc(N3CCNCC3)nc2n2c1sc1ccccc12. The van der Waals surface area contributed by atoms with E-state index < -0.39 is 0 Å². The number of benzene rings is 1. The molecule has 8 heteroatoms. The van der Waals surface area contributed by atoms with E-state index in [1.54, 1.807) is 6.20 Å². The zero-order chi connectivity index (χ0) is 17.0. The molecule has 5 rings (SSSR count). The number of fused-ring (bicyclic) bond motifs is 5. The molecule has 1 saturated heterocycles. The molecule has 0 atom stereocenters. The van der Waals surface area contributed by atoms with Crippen molar-refractivity contribution < 1.29 is 0 Å². The number of rotatable bonds is 1. The maximum Gasteiger partial charge on any atom is 0.227 e. The number of piperazine rings is 1. The van der Waals surface area contributed by atoms with Gasteiger partial charge in [-0.3, -0.25) is 9.20 Å². The van der Waals surface area contributed by atoms with Crippen molar-refractivity contribution in [3.05, 3.63) is 40.7 Å². The molecule has 0 bridgehead atoms. The van der Waals surface area contributed by atoms with Gasteiger partial charge in [-0.2, -0.15) is 4.98 Å². The topological polar surface area (TPSA) is 88.5 Å². The number of aromatic nitrogens is 3. The predicted molar refractivity (Wildman–Crippen MR) is 102 cm³/mol. The molecule has 25 heavy (non-hydrogen) atoms. The fraction of sp³-hybridized carbons (Fsp3) is 0.235. The lowest BCUT2D eigenvalue weighted by Gasteiger charge is -2.27. The van der Waals surface area contributed by atoms with Crippen molar-refractivity contribution in [2.75, 3.05) is 36.8 Å². The molecule has 0 radical (unpaired) electrons. The molecule has 1 aliphatic heterocycles. The van der Waals surface area contributed by atoms with Gasteiger partial charge >= 0.3 is 0 Å². The van der Waals surface area contributed by atoms with E-state index in [9.17, 15) is 4.79 Å². The molecule has 4 heterocycles. The third-order valence-electron chi connectivity index (χ3n) is 4.60. The van der Waals surface area contributed by atoms with Gasteiger partial charge in [0, 0.05) is 32.4 Å². The summed E-state index contributed by atoms with van der Waals surface area (Å²) in [5, 5.41) is 3.78. The van der Waals surface area contributed by atoms with Gasteiger partial charge in [-0.05, 0) is 12.1 Å². The van der Waals surface area contributed by atoms with E-state index in [2.05, 4.69) is 15.2 Å². The fourth-order valence-electron chi connectivity index (χ4n) is 3.33. The van der Waals surface area contributed by atoms with Gasteiger partial charge in [0.2, 0.25) is 11.4 Å². The molecular weight excluding hydrogens is 336 g/mol. The highest BCUT2D eigenvalue weighted by atomic mass is 32.1.